The minimum Gasteiger partial charge on any atom is -0.393 e. The van der Waals surface area contributed by atoms with Crippen LogP contribution in [0, 0.1) is 5.41 Å². The molecule has 1 saturated heterocycles. The maximum atomic E-state index is 11.2. The summed E-state index contributed by atoms with van der Waals surface area (Å²) >= 11 is 0. The summed E-state index contributed by atoms with van der Waals surface area (Å²) in [4.78, 5) is 13.5. The number of rotatable bonds is 5. The number of carbonyl (C=O) groups excluding carboxylic acids is 1. The van der Waals surface area contributed by atoms with E-state index in [4.69, 9.17) is 0 Å². The zero-order valence-electron chi connectivity index (χ0n) is 9.91. The van der Waals surface area contributed by atoms with Crippen LogP contribution < -0.4 is 0 Å². The van der Waals surface area contributed by atoms with Crippen LogP contribution in [0.15, 0.2) is 0 Å². The Balaban J connectivity index is 2.48. The maximum absolute atomic E-state index is 11.2. The number of piperidine rings is 1. The molecule has 0 atom stereocenters. The van der Waals surface area contributed by atoms with Gasteiger partial charge in [0.2, 0.25) is 0 Å². The van der Waals surface area contributed by atoms with Crippen molar-refractivity contribution in [3.05, 3.63) is 0 Å². The van der Waals surface area contributed by atoms with E-state index in [-0.39, 0.29) is 11.5 Å². The SMILES string of the molecule is CCC(C=O)(CC)CN1CCC(O)CC1. The molecule has 1 aliphatic heterocycles. The Bertz CT molecular complexity index is 194. The van der Waals surface area contributed by atoms with Gasteiger partial charge in [-0.2, -0.15) is 0 Å². The topological polar surface area (TPSA) is 40.5 Å². The number of likely N-dealkylation sites (tertiary alicyclic amines) is 1. The van der Waals surface area contributed by atoms with Crippen molar-refractivity contribution in [2.75, 3.05) is 19.6 Å². The summed E-state index contributed by atoms with van der Waals surface area (Å²) in [7, 11) is 0. The van der Waals surface area contributed by atoms with E-state index in [1.807, 2.05) is 0 Å². The predicted molar refractivity (Wildman–Crippen MR) is 60.8 cm³/mol. The summed E-state index contributed by atoms with van der Waals surface area (Å²) in [5, 5.41) is 9.40. The van der Waals surface area contributed by atoms with Crippen molar-refractivity contribution >= 4 is 6.29 Å². The van der Waals surface area contributed by atoms with Crippen LogP contribution in [0.4, 0.5) is 0 Å². The molecular weight excluding hydrogens is 190 g/mol. The molecule has 0 amide bonds. The fourth-order valence-electron chi connectivity index (χ4n) is 2.20. The smallest absolute Gasteiger partial charge is 0.127 e. The van der Waals surface area contributed by atoms with Gasteiger partial charge in [0.1, 0.15) is 6.29 Å². The van der Waals surface area contributed by atoms with Crippen LogP contribution in [0.25, 0.3) is 0 Å². The van der Waals surface area contributed by atoms with Gasteiger partial charge in [-0.3, -0.25) is 0 Å². The second-order valence-corrected chi connectivity index (χ2v) is 4.69. The van der Waals surface area contributed by atoms with Crippen LogP contribution in [0.1, 0.15) is 39.5 Å². The maximum Gasteiger partial charge on any atom is 0.127 e. The van der Waals surface area contributed by atoms with Crippen LogP contribution in [0.2, 0.25) is 0 Å². The fraction of sp³-hybridized carbons (Fsp3) is 0.917. The van der Waals surface area contributed by atoms with Gasteiger partial charge in [-0.05, 0) is 25.7 Å². The Morgan fingerprint density at radius 3 is 2.27 bits per heavy atom. The first-order valence-corrected chi connectivity index (χ1v) is 6.02. The lowest BCUT2D eigenvalue weighted by Crippen LogP contribution is -2.43. The molecule has 1 fully saturated rings. The van der Waals surface area contributed by atoms with Gasteiger partial charge in [-0.25, -0.2) is 0 Å². The molecular formula is C12H23NO2. The molecule has 1 heterocycles. The van der Waals surface area contributed by atoms with E-state index in [2.05, 4.69) is 18.7 Å². The lowest BCUT2D eigenvalue weighted by atomic mass is 9.83. The first kappa shape index (κ1) is 12.7. The van der Waals surface area contributed by atoms with E-state index in [0.29, 0.717) is 0 Å². The van der Waals surface area contributed by atoms with Gasteiger partial charge in [0.05, 0.1) is 6.10 Å². The molecule has 0 aromatic rings. The van der Waals surface area contributed by atoms with Gasteiger partial charge in [0, 0.05) is 25.0 Å². The minimum absolute atomic E-state index is 0.130. The van der Waals surface area contributed by atoms with Crippen LogP contribution in [-0.2, 0) is 4.79 Å². The summed E-state index contributed by atoms with van der Waals surface area (Å²) in [6.45, 7) is 6.87. The second kappa shape index (κ2) is 5.61. The molecule has 1 rings (SSSR count). The lowest BCUT2D eigenvalue weighted by molar-refractivity contribution is -0.118. The largest absolute Gasteiger partial charge is 0.393 e. The number of carbonyl (C=O) groups is 1. The second-order valence-electron chi connectivity index (χ2n) is 4.69. The summed E-state index contributed by atoms with van der Waals surface area (Å²) in [5.41, 5.74) is -0.164. The molecule has 88 valence electrons. The Labute approximate surface area is 92.5 Å². The van der Waals surface area contributed by atoms with Crippen molar-refractivity contribution in [2.24, 2.45) is 5.41 Å². The molecule has 0 aromatic carbocycles. The molecule has 0 unspecified atom stereocenters. The number of hydrogen-bond donors (Lipinski definition) is 1. The van der Waals surface area contributed by atoms with Crippen LogP contribution in [0.5, 0.6) is 0 Å². The van der Waals surface area contributed by atoms with Crippen molar-refractivity contribution in [1.82, 2.24) is 4.90 Å². The van der Waals surface area contributed by atoms with Gasteiger partial charge in [-0.15, -0.1) is 0 Å². The van der Waals surface area contributed by atoms with E-state index in [1.54, 1.807) is 0 Å². The quantitative estimate of drug-likeness (QED) is 0.703. The molecule has 0 radical (unpaired) electrons. The summed E-state index contributed by atoms with van der Waals surface area (Å²) < 4.78 is 0. The first-order valence-electron chi connectivity index (χ1n) is 6.02. The normalized spacial score (nSPS) is 20.5. The van der Waals surface area contributed by atoms with Gasteiger partial charge in [0.25, 0.3) is 0 Å². The monoisotopic (exact) mass is 213 g/mol. The molecule has 1 aliphatic rings. The first-order chi connectivity index (χ1) is 7.15. The van der Waals surface area contributed by atoms with Crippen molar-refractivity contribution in [2.45, 2.75) is 45.6 Å². The van der Waals surface area contributed by atoms with Crippen LogP contribution >= 0.6 is 0 Å². The number of aldehydes is 1. The summed E-state index contributed by atoms with van der Waals surface area (Å²) in [5.74, 6) is 0. The molecule has 15 heavy (non-hydrogen) atoms. The fourth-order valence-corrected chi connectivity index (χ4v) is 2.20. The van der Waals surface area contributed by atoms with Gasteiger partial charge in [-0.1, -0.05) is 13.8 Å². The molecule has 1 N–H and O–H groups in total. The lowest BCUT2D eigenvalue weighted by Gasteiger charge is -2.36. The number of nitrogens with zero attached hydrogens (tertiary/aromatic N) is 1. The molecule has 0 saturated carbocycles. The van der Waals surface area contributed by atoms with Crippen molar-refractivity contribution in [3.63, 3.8) is 0 Å². The van der Waals surface area contributed by atoms with E-state index >= 15 is 0 Å². The average molecular weight is 213 g/mol. The molecule has 3 nitrogen and oxygen atoms in total. The van der Waals surface area contributed by atoms with E-state index in [0.717, 1.165) is 51.6 Å². The third kappa shape index (κ3) is 3.28. The summed E-state index contributed by atoms with van der Waals surface area (Å²) in [6, 6.07) is 0. The van der Waals surface area contributed by atoms with Gasteiger partial charge < -0.3 is 14.8 Å². The number of aliphatic hydroxyl groups excluding tert-OH is 1. The van der Waals surface area contributed by atoms with E-state index in [9.17, 15) is 9.90 Å². The third-order valence-corrected chi connectivity index (χ3v) is 3.75. The zero-order valence-corrected chi connectivity index (χ0v) is 9.91. The number of aliphatic hydroxyl groups is 1. The van der Waals surface area contributed by atoms with Crippen molar-refractivity contribution < 1.29 is 9.90 Å². The highest BCUT2D eigenvalue weighted by Crippen LogP contribution is 2.26. The Morgan fingerprint density at radius 2 is 1.87 bits per heavy atom. The average Bonchev–Trinajstić information content (AvgIpc) is 2.29. The Hall–Kier alpha value is -0.410. The molecule has 0 aromatic heterocycles. The minimum atomic E-state index is -0.164. The highest BCUT2D eigenvalue weighted by molar-refractivity contribution is 5.59. The summed E-state index contributed by atoms with van der Waals surface area (Å²) in [6.07, 6.45) is 4.51. The highest BCUT2D eigenvalue weighted by Gasteiger charge is 2.29. The van der Waals surface area contributed by atoms with Crippen molar-refractivity contribution in [3.8, 4) is 0 Å². The Kier molecular flexibility index (Phi) is 4.74. The molecule has 3 heteroatoms. The third-order valence-electron chi connectivity index (χ3n) is 3.75. The van der Waals surface area contributed by atoms with Crippen LogP contribution in [0.3, 0.4) is 0 Å². The number of hydrogen-bond acceptors (Lipinski definition) is 3. The van der Waals surface area contributed by atoms with Gasteiger partial charge in [0.15, 0.2) is 0 Å². The van der Waals surface area contributed by atoms with E-state index < -0.39 is 0 Å². The molecule has 0 bridgehead atoms. The van der Waals surface area contributed by atoms with Crippen molar-refractivity contribution in [1.29, 1.82) is 0 Å². The van der Waals surface area contributed by atoms with Crippen LogP contribution in [-0.4, -0.2) is 42.0 Å². The zero-order chi connectivity index (χ0) is 11.3. The molecule has 0 spiro atoms. The predicted octanol–water partition coefficient (Wildman–Crippen LogP) is 1.45. The van der Waals surface area contributed by atoms with E-state index in [1.165, 1.54) is 0 Å². The Morgan fingerprint density at radius 1 is 1.33 bits per heavy atom. The highest BCUT2D eigenvalue weighted by atomic mass is 16.3. The standard InChI is InChI=1S/C12H23NO2/c1-3-12(4-2,10-14)9-13-7-5-11(15)6-8-13/h10-11,15H,3-9H2,1-2H3. The van der Waals surface area contributed by atoms with Gasteiger partial charge >= 0.3 is 0 Å². The molecule has 0 aliphatic carbocycles.